The fourth-order valence-electron chi connectivity index (χ4n) is 2.03. The van der Waals surface area contributed by atoms with Crippen molar-refractivity contribution < 1.29 is 4.79 Å². The van der Waals surface area contributed by atoms with Crippen molar-refractivity contribution in [3.8, 4) is 0 Å². The van der Waals surface area contributed by atoms with E-state index in [1.54, 1.807) is 17.1 Å². The van der Waals surface area contributed by atoms with Crippen molar-refractivity contribution in [2.45, 2.75) is 32.9 Å². The third-order valence-electron chi connectivity index (χ3n) is 3.25. The van der Waals surface area contributed by atoms with E-state index in [0.717, 1.165) is 6.42 Å². The van der Waals surface area contributed by atoms with Crippen molar-refractivity contribution >= 4 is 5.91 Å². The largest absolute Gasteiger partial charge is 0.350 e. The lowest BCUT2D eigenvalue weighted by atomic mass is 10.1. The van der Waals surface area contributed by atoms with Crippen LogP contribution in [0.15, 0.2) is 42.7 Å². The van der Waals surface area contributed by atoms with E-state index in [4.69, 9.17) is 0 Å². The molecule has 4 heteroatoms. The molecule has 19 heavy (non-hydrogen) atoms. The molecule has 2 rings (SSSR count). The van der Waals surface area contributed by atoms with Crippen LogP contribution in [0.25, 0.3) is 0 Å². The summed E-state index contributed by atoms with van der Waals surface area (Å²) in [6, 6.07) is 9.70. The Bertz CT molecular complexity index is 534. The van der Waals surface area contributed by atoms with Crippen molar-refractivity contribution in [3.05, 3.63) is 53.9 Å². The summed E-state index contributed by atoms with van der Waals surface area (Å²) in [6.07, 6.45) is 4.45. The predicted octanol–water partition coefficient (Wildman–Crippen LogP) is 2.32. The molecule has 1 aromatic carbocycles. The van der Waals surface area contributed by atoms with Crippen molar-refractivity contribution in [2.75, 3.05) is 0 Å². The molecule has 1 aromatic heterocycles. The fraction of sp³-hybridized carbons (Fsp3) is 0.333. The van der Waals surface area contributed by atoms with Crippen LogP contribution >= 0.6 is 0 Å². The Labute approximate surface area is 113 Å². The number of carbonyl (C=O) groups excluding carboxylic acids is 1. The van der Waals surface area contributed by atoms with Crippen LogP contribution in [0.1, 0.15) is 31.0 Å². The summed E-state index contributed by atoms with van der Waals surface area (Å²) in [6.45, 7) is 4.52. The number of amides is 1. The maximum absolute atomic E-state index is 12.0. The number of rotatable bonds is 5. The van der Waals surface area contributed by atoms with E-state index >= 15 is 0 Å². The van der Waals surface area contributed by atoms with Crippen molar-refractivity contribution in [1.29, 1.82) is 0 Å². The van der Waals surface area contributed by atoms with Crippen LogP contribution < -0.4 is 5.32 Å². The number of benzene rings is 1. The SMILES string of the molecule is CCc1ccccc1CNC(=O)[C@@H](C)n1cccn1. The van der Waals surface area contributed by atoms with E-state index in [2.05, 4.69) is 29.5 Å². The summed E-state index contributed by atoms with van der Waals surface area (Å²) >= 11 is 0. The number of hydrogen-bond acceptors (Lipinski definition) is 2. The van der Waals surface area contributed by atoms with Gasteiger partial charge in [-0.1, -0.05) is 31.2 Å². The third kappa shape index (κ3) is 3.22. The molecule has 4 nitrogen and oxygen atoms in total. The molecule has 100 valence electrons. The summed E-state index contributed by atoms with van der Waals surface area (Å²) < 4.78 is 1.65. The van der Waals surface area contributed by atoms with Gasteiger partial charge in [-0.25, -0.2) is 0 Å². The Hall–Kier alpha value is -2.10. The summed E-state index contributed by atoms with van der Waals surface area (Å²) in [5.41, 5.74) is 2.44. The van der Waals surface area contributed by atoms with Crippen LogP contribution in [0, 0.1) is 0 Å². The van der Waals surface area contributed by atoms with Gasteiger partial charge in [0.1, 0.15) is 6.04 Å². The molecular weight excluding hydrogens is 238 g/mol. The van der Waals surface area contributed by atoms with Crippen LogP contribution in [0.5, 0.6) is 0 Å². The number of aryl methyl sites for hydroxylation is 1. The summed E-state index contributed by atoms with van der Waals surface area (Å²) in [5.74, 6) is -0.0189. The minimum atomic E-state index is -0.288. The molecule has 1 atom stereocenters. The number of carbonyl (C=O) groups is 1. The molecule has 0 radical (unpaired) electrons. The molecule has 0 saturated carbocycles. The Morgan fingerprint density at radius 1 is 1.32 bits per heavy atom. The van der Waals surface area contributed by atoms with Gasteiger partial charge in [0.15, 0.2) is 0 Å². The predicted molar refractivity (Wildman–Crippen MR) is 74.6 cm³/mol. The Morgan fingerprint density at radius 3 is 2.68 bits per heavy atom. The summed E-state index contributed by atoms with van der Waals surface area (Å²) in [5, 5.41) is 7.04. The molecule has 2 aromatic rings. The quantitative estimate of drug-likeness (QED) is 0.893. The molecule has 0 aliphatic heterocycles. The molecule has 0 aliphatic carbocycles. The average Bonchev–Trinajstić information content (AvgIpc) is 2.98. The Kier molecular flexibility index (Phi) is 4.34. The zero-order valence-corrected chi connectivity index (χ0v) is 11.3. The van der Waals surface area contributed by atoms with E-state index in [1.807, 2.05) is 25.1 Å². The standard InChI is InChI=1S/C15H19N3O/c1-3-13-7-4-5-8-14(13)11-16-15(19)12(2)18-10-6-9-17-18/h4-10,12H,3,11H2,1-2H3,(H,16,19)/t12-/m1/s1. The number of hydrogen-bond donors (Lipinski definition) is 1. The number of nitrogens with one attached hydrogen (secondary N) is 1. The van der Waals surface area contributed by atoms with Crippen LogP contribution in [0.3, 0.4) is 0 Å². The second-order valence-electron chi connectivity index (χ2n) is 4.50. The molecule has 0 bridgehead atoms. The first kappa shape index (κ1) is 13.3. The highest BCUT2D eigenvalue weighted by atomic mass is 16.2. The molecule has 0 spiro atoms. The fourth-order valence-corrected chi connectivity index (χ4v) is 2.03. The van der Waals surface area contributed by atoms with E-state index in [0.29, 0.717) is 6.54 Å². The Balaban J connectivity index is 1.97. The van der Waals surface area contributed by atoms with Crippen LogP contribution in [0.4, 0.5) is 0 Å². The summed E-state index contributed by atoms with van der Waals surface area (Å²) in [7, 11) is 0. The highest BCUT2D eigenvalue weighted by molar-refractivity contribution is 5.79. The maximum atomic E-state index is 12.0. The van der Waals surface area contributed by atoms with Crippen molar-refractivity contribution in [1.82, 2.24) is 15.1 Å². The van der Waals surface area contributed by atoms with E-state index in [1.165, 1.54) is 11.1 Å². The second-order valence-corrected chi connectivity index (χ2v) is 4.50. The average molecular weight is 257 g/mol. The lowest BCUT2D eigenvalue weighted by Gasteiger charge is -2.14. The van der Waals surface area contributed by atoms with E-state index < -0.39 is 0 Å². The van der Waals surface area contributed by atoms with E-state index in [9.17, 15) is 4.79 Å². The molecule has 1 amide bonds. The number of nitrogens with zero attached hydrogens (tertiary/aromatic N) is 2. The Morgan fingerprint density at radius 2 is 2.05 bits per heavy atom. The van der Waals surface area contributed by atoms with Crippen molar-refractivity contribution in [2.24, 2.45) is 0 Å². The summed E-state index contributed by atoms with van der Waals surface area (Å²) in [4.78, 5) is 12.0. The zero-order chi connectivity index (χ0) is 13.7. The lowest BCUT2D eigenvalue weighted by molar-refractivity contribution is -0.124. The molecule has 0 fully saturated rings. The lowest BCUT2D eigenvalue weighted by Crippen LogP contribution is -2.31. The van der Waals surface area contributed by atoms with Gasteiger partial charge >= 0.3 is 0 Å². The molecular formula is C15H19N3O. The van der Waals surface area contributed by atoms with Crippen molar-refractivity contribution in [3.63, 3.8) is 0 Å². The topological polar surface area (TPSA) is 46.9 Å². The molecule has 0 unspecified atom stereocenters. The number of aromatic nitrogens is 2. The minimum absolute atomic E-state index is 0.0189. The molecule has 1 N–H and O–H groups in total. The normalized spacial score (nSPS) is 12.1. The second kappa shape index (κ2) is 6.18. The van der Waals surface area contributed by atoms with Crippen LogP contribution in [-0.4, -0.2) is 15.7 Å². The third-order valence-corrected chi connectivity index (χ3v) is 3.25. The van der Waals surface area contributed by atoms with Gasteiger partial charge in [-0.15, -0.1) is 0 Å². The van der Waals surface area contributed by atoms with Gasteiger partial charge in [0, 0.05) is 18.9 Å². The zero-order valence-electron chi connectivity index (χ0n) is 11.3. The first-order valence-corrected chi connectivity index (χ1v) is 6.56. The monoisotopic (exact) mass is 257 g/mol. The smallest absolute Gasteiger partial charge is 0.244 e. The van der Waals surface area contributed by atoms with Crippen LogP contribution in [0.2, 0.25) is 0 Å². The van der Waals surface area contributed by atoms with Gasteiger partial charge in [0.2, 0.25) is 5.91 Å². The van der Waals surface area contributed by atoms with Gasteiger partial charge in [-0.05, 0) is 30.5 Å². The van der Waals surface area contributed by atoms with Gasteiger partial charge in [-0.3, -0.25) is 9.48 Å². The first-order valence-electron chi connectivity index (χ1n) is 6.56. The first-order chi connectivity index (χ1) is 9.22. The highest BCUT2D eigenvalue weighted by Crippen LogP contribution is 2.10. The maximum Gasteiger partial charge on any atom is 0.244 e. The van der Waals surface area contributed by atoms with Gasteiger partial charge < -0.3 is 5.32 Å². The van der Waals surface area contributed by atoms with Gasteiger partial charge in [-0.2, -0.15) is 5.10 Å². The van der Waals surface area contributed by atoms with Crippen LogP contribution in [-0.2, 0) is 17.8 Å². The van der Waals surface area contributed by atoms with E-state index in [-0.39, 0.29) is 11.9 Å². The van der Waals surface area contributed by atoms with Gasteiger partial charge in [0.25, 0.3) is 0 Å². The molecule has 0 aliphatic rings. The molecule has 0 saturated heterocycles. The van der Waals surface area contributed by atoms with Gasteiger partial charge in [0.05, 0.1) is 0 Å². The molecule has 1 heterocycles. The minimum Gasteiger partial charge on any atom is -0.350 e. The highest BCUT2D eigenvalue weighted by Gasteiger charge is 2.14.